The molecule has 1 fully saturated rings. The normalized spacial score (nSPS) is 16.8. The van der Waals surface area contributed by atoms with Crippen molar-refractivity contribution in [1.29, 1.82) is 5.26 Å². The Morgan fingerprint density at radius 1 is 1.17 bits per heavy atom. The molecule has 0 aliphatic heterocycles. The molecule has 1 aliphatic rings. The van der Waals surface area contributed by atoms with Crippen molar-refractivity contribution in [3.63, 3.8) is 0 Å². The number of nitriles is 1. The van der Waals surface area contributed by atoms with Crippen LogP contribution in [-0.4, -0.2) is 41.9 Å². The molecule has 1 aliphatic carbocycles. The van der Waals surface area contributed by atoms with Gasteiger partial charge in [0, 0.05) is 13.6 Å². The van der Waals surface area contributed by atoms with E-state index in [-0.39, 0.29) is 5.91 Å². The van der Waals surface area contributed by atoms with E-state index < -0.39 is 5.54 Å². The zero-order valence-electron chi connectivity index (χ0n) is 14.5. The topological polar surface area (TPSA) is 47.3 Å². The van der Waals surface area contributed by atoms with E-state index in [1.807, 2.05) is 11.9 Å². The molecule has 0 unspecified atom stereocenters. The Morgan fingerprint density at radius 2 is 1.78 bits per heavy atom. The minimum atomic E-state index is -0.597. The smallest absolute Gasteiger partial charge is 0.237 e. The number of likely N-dealkylation sites (N-methyl/N-ethyl adjacent to an activating group) is 2. The number of rotatable bonds is 5. The van der Waals surface area contributed by atoms with Gasteiger partial charge in [-0.2, -0.15) is 5.26 Å². The highest BCUT2D eigenvalue weighted by Gasteiger charge is 2.38. The van der Waals surface area contributed by atoms with Gasteiger partial charge in [0.1, 0.15) is 5.54 Å². The maximum Gasteiger partial charge on any atom is 0.237 e. The van der Waals surface area contributed by atoms with Crippen LogP contribution in [0.5, 0.6) is 0 Å². The van der Waals surface area contributed by atoms with Crippen molar-refractivity contribution in [2.75, 3.05) is 20.6 Å². The summed E-state index contributed by atoms with van der Waals surface area (Å²) in [5.74, 6) is 0.0306. The molecule has 0 spiro atoms. The number of benzene rings is 1. The van der Waals surface area contributed by atoms with Gasteiger partial charge in [0.05, 0.1) is 12.6 Å². The van der Waals surface area contributed by atoms with E-state index in [4.69, 9.17) is 0 Å². The molecular formula is C19H27N3O. The average Bonchev–Trinajstić information content (AvgIpc) is 2.56. The molecule has 1 aromatic rings. The van der Waals surface area contributed by atoms with E-state index in [9.17, 15) is 10.1 Å². The third-order valence-electron chi connectivity index (χ3n) is 4.88. The molecule has 124 valence electrons. The first-order chi connectivity index (χ1) is 11.0. The first kappa shape index (κ1) is 17.5. The van der Waals surface area contributed by atoms with Crippen molar-refractivity contribution < 1.29 is 4.79 Å². The summed E-state index contributed by atoms with van der Waals surface area (Å²) < 4.78 is 0. The number of hydrogen-bond acceptors (Lipinski definition) is 3. The highest BCUT2D eigenvalue weighted by molar-refractivity contribution is 5.79. The number of amides is 1. The fourth-order valence-corrected chi connectivity index (χ4v) is 3.30. The van der Waals surface area contributed by atoms with Gasteiger partial charge in [0.2, 0.25) is 5.91 Å². The maximum absolute atomic E-state index is 12.6. The fraction of sp³-hybridized carbons (Fsp3) is 0.579. The minimum Gasteiger partial charge on any atom is -0.326 e. The summed E-state index contributed by atoms with van der Waals surface area (Å²) in [5.41, 5.74) is 1.83. The van der Waals surface area contributed by atoms with Gasteiger partial charge < -0.3 is 4.90 Å². The van der Waals surface area contributed by atoms with E-state index in [1.54, 1.807) is 11.9 Å². The molecule has 0 atom stereocenters. The summed E-state index contributed by atoms with van der Waals surface area (Å²) in [4.78, 5) is 16.3. The molecular weight excluding hydrogens is 286 g/mol. The van der Waals surface area contributed by atoms with Crippen molar-refractivity contribution in [2.45, 2.75) is 51.1 Å². The van der Waals surface area contributed by atoms with Gasteiger partial charge in [-0.15, -0.1) is 0 Å². The van der Waals surface area contributed by atoms with Crippen molar-refractivity contribution in [3.8, 4) is 6.07 Å². The second-order valence-corrected chi connectivity index (χ2v) is 6.81. The molecule has 4 nitrogen and oxygen atoms in total. The van der Waals surface area contributed by atoms with Gasteiger partial charge in [-0.3, -0.25) is 9.69 Å². The number of aryl methyl sites for hydroxylation is 1. The maximum atomic E-state index is 12.6. The molecule has 0 N–H and O–H groups in total. The summed E-state index contributed by atoms with van der Waals surface area (Å²) in [6.45, 7) is 3.14. The first-order valence-corrected chi connectivity index (χ1v) is 8.39. The van der Waals surface area contributed by atoms with Crippen LogP contribution in [0, 0.1) is 18.3 Å². The summed E-state index contributed by atoms with van der Waals surface area (Å²) in [6.07, 6.45) is 4.83. The monoisotopic (exact) mass is 313 g/mol. The Labute approximate surface area is 139 Å². The molecule has 0 aromatic heterocycles. The lowest BCUT2D eigenvalue weighted by molar-refractivity contribution is -0.135. The van der Waals surface area contributed by atoms with E-state index in [0.29, 0.717) is 6.54 Å². The van der Waals surface area contributed by atoms with E-state index in [1.165, 1.54) is 17.5 Å². The van der Waals surface area contributed by atoms with Crippen LogP contribution in [0.25, 0.3) is 0 Å². The molecule has 0 radical (unpaired) electrons. The van der Waals surface area contributed by atoms with Gasteiger partial charge in [-0.05, 0) is 32.4 Å². The SMILES string of the molecule is Cc1ccc(CN(C)CC(=O)N(C)C2(C#N)CCCCC2)cc1. The van der Waals surface area contributed by atoms with Crippen LogP contribution in [0.15, 0.2) is 24.3 Å². The molecule has 1 amide bonds. The van der Waals surface area contributed by atoms with Crippen LogP contribution in [-0.2, 0) is 11.3 Å². The van der Waals surface area contributed by atoms with Gasteiger partial charge in [0.25, 0.3) is 0 Å². The third-order valence-corrected chi connectivity index (χ3v) is 4.88. The highest BCUT2D eigenvalue weighted by atomic mass is 16.2. The van der Waals surface area contributed by atoms with Crippen LogP contribution in [0.1, 0.15) is 43.2 Å². The van der Waals surface area contributed by atoms with Crippen LogP contribution >= 0.6 is 0 Å². The van der Waals surface area contributed by atoms with Crippen LogP contribution in [0.3, 0.4) is 0 Å². The molecule has 0 saturated heterocycles. The summed E-state index contributed by atoms with van der Waals surface area (Å²) in [7, 11) is 3.74. The predicted octanol–water partition coefficient (Wildman–Crippen LogP) is 3.11. The lowest BCUT2D eigenvalue weighted by Crippen LogP contribution is -2.52. The summed E-state index contributed by atoms with van der Waals surface area (Å²) in [6, 6.07) is 10.8. The Balaban J connectivity index is 1.94. The van der Waals surface area contributed by atoms with Gasteiger partial charge >= 0.3 is 0 Å². The minimum absolute atomic E-state index is 0.0306. The van der Waals surface area contributed by atoms with Crippen LogP contribution < -0.4 is 0 Å². The van der Waals surface area contributed by atoms with Crippen molar-refractivity contribution in [2.24, 2.45) is 0 Å². The molecule has 0 heterocycles. The zero-order valence-corrected chi connectivity index (χ0v) is 14.5. The highest BCUT2D eigenvalue weighted by Crippen LogP contribution is 2.32. The quantitative estimate of drug-likeness (QED) is 0.839. The number of nitrogens with zero attached hydrogens (tertiary/aromatic N) is 3. The van der Waals surface area contributed by atoms with Gasteiger partial charge in [-0.25, -0.2) is 0 Å². The summed E-state index contributed by atoms with van der Waals surface area (Å²) in [5, 5.41) is 9.60. The molecule has 2 rings (SSSR count). The molecule has 1 aromatic carbocycles. The first-order valence-electron chi connectivity index (χ1n) is 8.39. The lowest BCUT2D eigenvalue weighted by atomic mass is 9.81. The number of carbonyl (C=O) groups is 1. The van der Waals surface area contributed by atoms with Gasteiger partial charge in [0.15, 0.2) is 0 Å². The molecule has 0 bridgehead atoms. The molecule has 4 heteroatoms. The number of carbonyl (C=O) groups excluding carboxylic acids is 1. The third kappa shape index (κ3) is 4.33. The zero-order chi connectivity index (χ0) is 16.9. The number of hydrogen-bond donors (Lipinski definition) is 0. The predicted molar refractivity (Wildman–Crippen MR) is 91.7 cm³/mol. The Hall–Kier alpha value is -1.86. The Bertz CT molecular complexity index is 567. The fourth-order valence-electron chi connectivity index (χ4n) is 3.30. The largest absolute Gasteiger partial charge is 0.326 e. The van der Waals surface area contributed by atoms with Crippen molar-refractivity contribution in [1.82, 2.24) is 9.80 Å². The van der Waals surface area contributed by atoms with Crippen molar-refractivity contribution >= 4 is 5.91 Å². The van der Waals surface area contributed by atoms with Crippen LogP contribution in [0.4, 0.5) is 0 Å². The van der Waals surface area contributed by atoms with Crippen LogP contribution in [0.2, 0.25) is 0 Å². The van der Waals surface area contributed by atoms with E-state index in [2.05, 4.69) is 37.3 Å². The second kappa shape index (κ2) is 7.61. The van der Waals surface area contributed by atoms with E-state index in [0.717, 1.165) is 32.2 Å². The lowest BCUT2D eigenvalue weighted by Gasteiger charge is -2.39. The standard InChI is InChI=1S/C19H27N3O/c1-16-7-9-17(10-8-16)13-21(2)14-18(23)22(3)19(15-20)11-5-4-6-12-19/h7-10H,4-6,11-14H2,1-3H3. The molecule has 23 heavy (non-hydrogen) atoms. The van der Waals surface area contributed by atoms with E-state index >= 15 is 0 Å². The van der Waals surface area contributed by atoms with Crippen molar-refractivity contribution in [3.05, 3.63) is 35.4 Å². The average molecular weight is 313 g/mol. The summed E-state index contributed by atoms with van der Waals surface area (Å²) >= 11 is 0. The Morgan fingerprint density at radius 3 is 2.35 bits per heavy atom. The van der Waals surface area contributed by atoms with Gasteiger partial charge in [-0.1, -0.05) is 49.1 Å². The second-order valence-electron chi connectivity index (χ2n) is 6.81. The molecule has 1 saturated carbocycles. The Kier molecular flexibility index (Phi) is 5.79.